The molecule has 0 saturated carbocycles. The normalized spacial score (nSPS) is 12.1. The monoisotopic (exact) mass is 222 g/mol. The second kappa shape index (κ2) is 6.05. The summed E-state index contributed by atoms with van der Waals surface area (Å²) >= 11 is 0. The minimum absolute atomic E-state index is 0.159. The van der Waals surface area contributed by atoms with E-state index in [0.717, 1.165) is 19.3 Å². The van der Waals surface area contributed by atoms with Gasteiger partial charge in [0.1, 0.15) is 11.5 Å². The van der Waals surface area contributed by atoms with Gasteiger partial charge in [-0.25, -0.2) is 9.97 Å². The summed E-state index contributed by atoms with van der Waals surface area (Å²) in [7, 11) is 0. The molecule has 3 N–H and O–H groups in total. The Kier molecular flexibility index (Phi) is 4.69. The van der Waals surface area contributed by atoms with Gasteiger partial charge >= 0.3 is 0 Å². The Morgan fingerprint density at radius 2 is 2.25 bits per heavy atom. The van der Waals surface area contributed by atoms with Crippen LogP contribution >= 0.6 is 0 Å². The number of aromatic nitrogens is 2. The quantitative estimate of drug-likeness (QED) is 0.788. The first-order valence-corrected chi connectivity index (χ1v) is 5.52. The molecule has 1 aromatic heterocycles. The van der Waals surface area contributed by atoms with Crippen LogP contribution in [0.4, 0.5) is 5.82 Å². The van der Waals surface area contributed by atoms with E-state index in [2.05, 4.69) is 22.2 Å². The number of carbonyl (C=O) groups is 1. The van der Waals surface area contributed by atoms with E-state index in [1.807, 2.05) is 6.92 Å². The van der Waals surface area contributed by atoms with Gasteiger partial charge in [-0.1, -0.05) is 19.8 Å². The molecule has 0 fully saturated rings. The third kappa shape index (κ3) is 3.84. The lowest BCUT2D eigenvalue weighted by Gasteiger charge is -2.12. The van der Waals surface area contributed by atoms with Gasteiger partial charge in [0, 0.05) is 6.04 Å². The van der Waals surface area contributed by atoms with Crippen molar-refractivity contribution in [2.24, 2.45) is 0 Å². The zero-order valence-corrected chi connectivity index (χ0v) is 9.73. The van der Waals surface area contributed by atoms with Crippen LogP contribution in [0.2, 0.25) is 0 Å². The Morgan fingerprint density at radius 3 is 2.81 bits per heavy atom. The highest BCUT2D eigenvalue weighted by Crippen LogP contribution is 2.01. The summed E-state index contributed by atoms with van der Waals surface area (Å²) in [6.45, 7) is 4.11. The molecule has 0 aromatic carbocycles. The van der Waals surface area contributed by atoms with Crippen molar-refractivity contribution in [3.8, 4) is 0 Å². The Hall–Kier alpha value is -1.65. The van der Waals surface area contributed by atoms with Crippen molar-refractivity contribution in [3.63, 3.8) is 0 Å². The van der Waals surface area contributed by atoms with Gasteiger partial charge in [-0.05, 0) is 13.3 Å². The van der Waals surface area contributed by atoms with Gasteiger partial charge in [0.15, 0.2) is 0 Å². The maximum absolute atomic E-state index is 11.7. The molecule has 0 spiro atoms. The number of nitrogens with two attached hydrogens (primary N) is 1. The number of carbonyl (C=O) groups excluding carboxylic acids is 1. The average Bonchev–Trinajstić information content (AvgIpc) is 2.27. The molecule has 0 aliphatic carbocycles. The van der Waals surface area contributed by atoms with Crippen LogP contribution in [-0.4, -0.2) is 21.9 Å². The van der Waals surface area contributed by atoms with Crippen LogP contribution in [0.15, 0.2) is 12.4 Å². The number of hydrogen-bond acceptors (Lipinski definition) is 4. The molecule has 0 saturated heterocycles. The SMILES string of the molecule is CCCCC(C)NC(=O)c1cnc(N)cn1. The zero-order valence-electron chi connectivity index (χ0n) is 9.73. The molecule has 1 atom stereocenters. The third-order valence-corrected chi connectivity index (χ3v) is 2.27. The van der Waals surface area contributed by atoms with Crippen LogP contribution in [0.25, 0.3) is 0 Å². The van der Waals surface area contributed by atoms with E-state index < -0.39 is 0 Å². The molecule has 1 amide bonds. The van der Waals surface area contributed by atoms with Crippen LogP contribution < -0.4 is 11.1 Å². The first kappa shape index (κ1) is 12.4. The molecule has 16 heavy (non-hydrogen) atoms. The third-order valence-electron chi connectivity index (χ3n) is 2.27. The molecular weight excluding hydrogens is 204 g/mol. The number of nitrogen functional groups attached to an aromatic ring is 1. The van der Waals surface area contributed by atoms with Crippen molar-refractivity contribution < 1.29 is 4.79 Å². The Labute approximate surface area is 95.5 Å². The first-order valence-electron chi connectivity index (χ1n) is 5.52. The average molecular weight is 222 g/mol. The lowest BCUT2D eigenvalue weighted by Crippen LogP contribution is -2.33. The molecule has 0 radical (unpaired) electrons. The fraction of sp³-hybridized carbons (Fsp3) is 0.545. The van der Waals surface area contributed by atoms with Crippen LogP contribution in [0.5, 0.6) is 0 Å². The summed E-state index contributed by atoms with van der Waals surface area (Å²) in [4.78, 5) is 19.4. The minimum Gasteiger partial charge on any atom is -0.382 e. The van der Waals surface area contributed by atoms with Crippen molar-refractivity contribution in [1.29, 1.82) is 0 Å². The van der Waals surface area contributed by atoms with Gasteiger partial charge < -0.3 is 11.1 Å². The summed E-state index contributed by atoms with van der Waals surface area (Å²) < 4.78 is 0. The molecule has 1 heterocycles. The van der Waals surface area contributed by atoms with Crippen LogP contribution in [0, 0.1) is 0 Å². The predicted octanol–water partition coefficient (Wildman–Crippen LogP) is 1.37. The fourth-order valence-electron chi connectivity index (χ4n) is 1.34. The molecule has 5 heteroatoms. The fourth-order valence-corrected chi connectivity index (χ4v) is 1.34. The van der Waals surface area contributed by atoms with E-state index in [4.69, 9.17) is 5.73 Å². The molecule has 1 rings (SSSR count). The van der Waals surface area contributed by atoms with Gasteiger partial charge in [-0.2, -0.15) is 0 Å². The molecule has 0 aliphatic rings. The maximum atomic E-state index is 11.7. The van der Waals surface area contributed by atoms with Gasteiger partial charge in [-0.15, -0.1) is 0 Å². The minimum atomic E-state index is -0.198. The van der Waals surface area contributed by atoms with Crippen molar-refractivity contribution in [2.45, 2.75) is 39.2 Å². The van der Waals surface area contributed by atoms with Crippen molar-refractivity contribution in [1.82, 2.24) is 15.3 Å². The second-order valence-corrected chi connectivity index (χ2v) is 3.84. The summed E-state index contributed by atoms with van der Waals surface area (Å²) in [5.74, 6) is 0.117. The van der Waals surface area contributed by atoms with Crippen molar-refractivity contribution >= 4 is 11.7 Å². The summed E-state index contributed by atoms with van der Waals surface area (Å²) in [6.07, 6.45) is 5.98. The molecule has 1 aromatic rings. The lowest BCUT2D eigenvalue weighted by atomic mass is 10.1. The number of hydrogen-bond donors (Lipinski definition) is 2. The number of nitrogens with one attached hydrogen (secondary N) is 1. The Bertz CT molecular complexity index is 336. The van der Waals surface area contributed by atoms with E-state index in [9.17, 15) is 4.79 Å². The molecule has 0 aliphatic heterocycles. The first-order chi connectivity index (χ1) is 7.63. The van der Waals surface area contributed by atoms with E-state index in [1.54, 1.807) is 0 Å². The topological polar surface area (TPSA) is 80.9 Å². The summed E-state index contributed by atoms with van der Waals surface area (Å²) in [6, 6.07) is 0.159. The Morgan fingerprint density at radius 1 is 1.50 bits per heavy atom. The molecule has 1 unspecified atom stereocenters. The molecular formula is C11H18N4O. The van der Waals surface area contributed by atoms with Crippen molar-refractivity contribution in [3.05, 3.63) is 18.1 Å². The number of rotatable bonds is 5. The van der Waals surface area contributed by atoms with Crippen LogP contribution in [0.1, 0.15) is 43.6 Å². The summed E-state index contributed by atoms with van der Waals surface area (Å²) in [5, 5.41) is 2.87. The number of nitrogens with zero attached hydrogens (tertiary/aromatic N) is 2. The Balaban J connectivity index is 2.48. The highest BCUT2D eigenvalue weighted by atomic mass is 16.1. The summed E-state index contributed by atoms with van der Waals surface area (Å²) in [5.41, 5.74) is 5.69. The largest absolute Gasteiger partial charge is 0.382 e. The van der Waals surface area contributed by atoms with E-state index in [-0.39, 0.29) is 11.9 Å². The maximum Gasteiger partial charge on any atom is 0.271 e. The number of anilines is 1. The van der Waals surface area contributed by atoms with Gasteiger partial charge in [0.05, 0.1) is 12.4 Å². The van der Waals surface area contributed by atoms with Crippen molar-refractivity contribution in [2.75, 3.05) is 5.73 Å². The lowest BCUT2D eigenvalue weighted by molar-refractivity contribution is 0.0932. The van der Waals surface area contributed by atoms with Gasteiger partial charge in [0.25, 0.3) is 5.91 Å². The molecule has 5 nitrogen and oxygen atoms in total. The second-order valence-electron chi connectivity index (χ2n) is 3.84. The zero-order chi connectivity index (χ0) is 12.0. The van der Waals surface area contributed by atoms with Gasteiger partial charge in [0.2, 0.25) is 0 Å². The predicted molar refractivity (Wildman–Crippen MR) is 62.9 cm³/mol. The number of amides is 1. The van der Waals surface area contributed by atoms with Gasteiger partial charge in [-0.3, -0.25) is 4.79 Å². The number of unbranched alkanes of at least 4 members (excludes halogenated alkanes) is 1. The standard InChI is InChI=1S/C11H18N4O/c1-3-4-5-8(2)15-11(16)9-6-14-10(12)7-13-9/h6-8H,3-5H2,1-2H3,(H2,12,14)(H,15,16). The van der Waals surface area contributed by atoms with E-state index in [1.165, 1.54) is 12.4 Å². The molecule has 0 bridgehead atoms. The van der Waals surface area contributed by atoms with Crippen LogP contribution in [-0.2, 0) is 0 Å². The van der Waals surface area contributed by atoms with E-state index in [0.29, 0.717) is 11.5 Å². The molecule has 88 valence electrons. The van der Waals surface area contributed by atoms with E-state index >= 15 is 0 Å². The highest BCUT2D eigenvalue weighted by Gasteiger charge is 2.10. The van der Waals surface area contributed by atoms with Crippen LogP contribution in [0.3, 0.4) is 0 Å². The highest BCUT2D eigenvalue weighted by molar-refractivity contribution is 5.92. The smallest absolute Gasteiger partial charge is 0.271 e.